The monoisotopic (exact) mass is 237 g/mol. The average molecular weight is 237 g/mol. The highest BCUT2D eigenvalue weighted by Crippen LogP contribution is 2.34. The molecule has 5 nitrogen and oxygen atoms in total. The normalized spacial score (nSPS) is 28.4. The van der Waals surface area contributed by atoms with E-state index in [4.69, 9.17) is 15.0 Å². The van der Waals surface area contributed by atoms with Crippen molar-refractivity contribution in [2.75, 3.05) is 13.2 Å². The van der Waals surface area contributed by atoms with Gasteiger partial charge in [0.2, 0.25) is 5.89 Å². The Kier molecular flexibility index (Phi) is 2.88. The van der Waals surface area contributed by atoms with Gasteiger partial charge >= 0.3 is 0 Å². The molecule has 2 N–H and O–H groups in total. The molecule has 3 rings (SSSR count). The summed E-state index contributed by atoms with van der Waals surface area (Å²) in [7, 11) is 0. The maximum atomic E-state index is 6.36. The summed E-state index contributed by atoms with van der Waals surface area (Å²) in [5.74, 6) is 1.69. The smallest absolute Gasteiger partial charge is 0.246 e. The molecule has 1 aromatic heterocycles. The number of rotatable bonds is 2. The highest BCUT2D eigenvalue weighted by molar-refractivity contribution is 5.06. The van der Waals surface area contributed by atoms with Crippen molar-refractivity contribution >= 4 is 0 Å². The first-order valence-electron chi connectivity index (χ1n) is 6.49. The Morgan fingerprint density at radius 1 is 1.24 bits per heavy atom. The van der Waals surface area contributed by atoms with Crippen molar-refractivity contribution in [2.45, 2.75) is 50.0 Å². The van der Waals surface area contributed by atoms with Crippen molar-refractivity contribution in [2.24, 2.45) is 5.73 Å². The van der Waals surface area contributed by atoms with Crippen LogP contribution in [-0.4, -0.2) is 23.4 Å². The lowest BCUT2D eigenvalue weighted by Gasteiger charge is -2.29. The minimum absolute atomic E-state index is 0.291. The van der Waals surface area contributed by atoms with Crippen molar-refractivity contribution in [3.8, 4) is 0 Å². The second-order valence-corrected chi connectivity index (χ2v) is 5.24. The van der Waals surface area contributed by atoms with Crippen molar-refractivity contribution in [1.82, 2.24) is 10.1 Å². The Bertz CT molecular complexity index is 379. The standard InChI is InChI=1S/C12H19N3O2/c13-12(5-2-1-3-6-12)11-14-10(15-17-11)9-4-7-16-8-9/h9H,1-8,13H2. The second kappa shape index (κ2) is 4.38. The molecule has 17 heavy (non-hydrogen) atoms. The molecule has 1 unspecified atom stereocenters. The average Bonchev–Trinajstić information content (AvgIpc) is 3.01. The van der Waals surface area contributed by atoms with Crippen LogP contribution in [0.15, 0.2) is 4.52 Å². The van der Waals surface area contributed by atoms with E-state index in [-0.39, 0.29) is 5.54 Å². The van der Waals surface area contributed by atoms with Crippen LogP contribution in [0.5, 0.6) is 0 Å². The molecule has 0 aromatic carbocycles. The number of aromatic nitrogens is 2. The van der Waals surface area contributed by atoms with Gasteiger partial charge in [-0.2, -0.15) is 4.98 Å². The van der Waals surface area contributed by atoms with Gasteiger partial charge < -0.3 is 15.0 Å². The Balaban J connectivity index is 1.78. The van der Waals surface area contributed by atoms with Crippen LogP contribution in [0.2, 0.25) is 0 Å². The SMILES string of the molecule is NC1(c2nc(C3CCOC3)no2)CCCCC1. The highest BCUT2D eigenvalue weighted by atomic mass is 16.5. The van der Waals surface area contributed by atoms with Crippen LogP contribution >= 0.6 is 0 Å². The predicted octanol–water partition coefficient (Wildman–Crippen LogP) is 1.69. The Morgan fingerprint density at radius 3 is 2.76 bits per heavy atom. The molecule has 2 heterocycles. The molecule has 5 heteroatoms. The zero-order chi connectivity index (χ0) is 11.7. The molecule has 1 saturated carbocycles. The van der Waals surface area contributed by atoms with Crippen LogP contribution in [0.25, 0.3) is 0 Å². The number of hydrogen-bond acceptors (Lipinski definition) is 5. The lowest BCUT2D eigenvalue weighted by atomic mass is 9.82. The molecule has 1 aliphatic carbocycles. The van der Waals surface area contributed by atoms with E-state index in [2.05, 4.69) is 10.1 Å². The summed E-state index contributed by atoms with van der Waals surface area (Å²) < 4.78 is 10.7. The number of hydrogen-bond donors (Lipinski definition) is 1. The summed E-state index contributed by atoms with van der Waals surface area (Å²) in [6.07, 6.45) is 6.46. The van der Waals surface area contributed by atoms with Gasteiger partial charge in [-0.25, -0.2) is 0 Å². The lowest BCUT2D eigenvalue weighted by molar-refractivity contribution is 0.192. The molecular weight excluding hydrogens is 218 g/mol. The second-order valence-electron chi connectivity index (χ2n) is 5.24. The number of ether oxygens (including phenoxy) is 1. The topological polar surface area (TPSA) is 74.2 Å². The molecule has 1 aromatic rings. The molecule has 2 aliphatic rings. The van der Waals surface area contributed by atoms with E-state index in [9.17, 15) is 0 Å². The summed E-state index contributed by atoms with van der Waals surface area (Å²) in [6.45, 7) is 1.50. The molecule has 94 valence electrons. The molecule has 1 saturated heterocycles. The van der Waals surface area contributed by atoms with Gasteiger partial charge in [-0.05, 0) is 19.3 Å². The lowest BCUT2D eigenvalue weighted by Crippen LogP contribution is -2.39. The van der Waals surface area contributed by atoms with Crippen molar-refractivity contribution in [3.05, 3.63) is 11.7 Å². The van der Waals surface area contributed by atoms with Crippen LogP contribution in [0, 0.1) is 0 Å². The van der Waals surface area contributed by atoms with Gasteiger partial charge in [0.15, 0.2) is 5.82 Å². The summed E-state index contributed by atoms with van der Waals surface area (Å²) in [6, 6.07) is 0. The van der Waals surface area contributed by atoms with Gasteiger partial charge in [0, 0.05) is 12.5 Å². The molecule has 1 atom stereocenters. The van der Waals surface area contributed by atoms with Gasteiger partial charge in [-0.15, -0.1) is 0 Å². The van der Waals surface area contributed by atoms with Gasteiger partial charge in [-0.1, -0.05) is 24.4 Å². The summed E-state index contributed by atoms with van der Waals surface area (Å²) >= 11 is 0. The minimum atomic E-state index is -0.386. The summed E-state index contributed by atoms with van der Waals surface area (Å²) in [5.41, 5.74) is 5.98. The predicted molar refractivity (Wildman–Crippen MR) is 61.4 cm³/mol. The maximum absolute atomic E-state index is 6.36. The Morgan fingerprint density at radius 2 is 2.06 bits per heavy atom. The zero-order valence-corrected chi connectivity index (χ0v) is 10.0. The zero-order valence-electron chi connectivity index (χ0n) is 10.0. The van der Waals surface area contributed by atoms with Gasteiger partial charge in [0.1, 0.15) is 0 Å². The first kappa shape index (κ1) is 11.2. The molecule has 1 aliphatic heterocycles. The molecule has 0 bridgehead atoms. The third-order valence-electron chi connectivity index (χ3n) is 3.91. The van der Waals surface area contributed by atoms with Crippen molar-refractivity contribution in [3.63, 3.8) is 0 Å². The van der Waals surface area contributed by atoms with Gasteiger partial charge in [0.25, 0.3) is 0 Å². The van der Waals surface area contributed by atoms with Crippen LogP contribution in [0.1, 0.15) is 56.2 Å². The van der Waals surface area contributed by atoms with Gasteiger partial charge in [-0.3, -0.25) is 0 Å². The van der Waals surface area contributed by atoms with Crippen LogP contribution in [0.3, 0.4) is 0 Å². The molecule has 2 fully saturated rings. The van der Waals surface area contributed by atoms with Gasteiger partial charge in [0.05, 0.1) is 12.1 Å². The molecular formula is C12H19N3O2. The Labute approximate surface area is 101 Å². The van der Waals surface area contributed by atoms with Crippen LogP contribution in [-0.2, 0) is 10.3 Å². The van der Waals surface area contributed by atoms with E-state index in [1.165, 1.54) is 6.42 Å². The molecule has 0 radical (unpaired) electrons. The first-order valence-corrected chi connectivity index (χ1v) is 6.49. The fourth-order valence-corrected chi connectivity index (χ4v) is 2.74. The third kappa shape index (κ3) is 2.09. The van der Waals surface area contributed by atoms with Crippen LogP contribution in [0.4, 0.5) is 0 Å². The largest absolute Gasteiger partial charge is 0.381 e. The van der Waals surface area contributed by atoms with E-state index in [0.29, 0.717) is 18.4 Å². The fraction of sp³-hybridized carbons (Fsp3) is 0.833. The van der Waals surface area contributed by atoms with E-state index >= 15 is 0 Å². The quantitative estimate of drug-likeness (QED) is 0.847. The Hall–Kier alpha value is -0.940. The first-order chi connectivity index (χ1) is 8.28. The number of nitrogens with two attached hydrogens (primary N) is 1. The fourth-order valence-electron chi connectivity index (χ4n) is 2.74. The van der Waals surface area contributed by atoms with E-state index in [1.54, 1.807) is 0 Å². The number of nitrogens with zero attached hydrogens (tertiary/aromatic N) is 2. The van der Waals surface area contributed by atoms with Crippen LogP contribution < -0.4 is 5.73 Å². The van der Waals surface area contributed by atoms with Crippen molar-refractivity contribution in [1.29, 1.82) is 0 Å². The van der Waals surface area contributed by atoms with E-state index in [1.807, 2.05) is 0 Å². The van der Waals surface area contributed by atoms with E-state index in [0.717, 1.165) is 44.5 Å². The summed E-state index contributed by atoms with van der Waals surface area (Å²) in [5, 5.41) is 4.07. The van der Waals surface area contributed by atoms with Crippen molar-refractivity contribution < 1.29 is 9.26 Å². The third-order valence-corrected chi connectivity index (χ3v) is 3.91. The van der Waals surface area contributed by atoms with E-state index < -0.39 is 0 Å². The minimum Gasteiger partial charge on any atom is -0.381 e. The molecule has 0 spiro atoms. The highest BCUT2D eigenvalue weighted by Gasteiger charge is 2.36. The summed E-state index contributed by atoms with van der Waals surface area (Å²) in [4.78, 5) is 4.50. The maximum Gasteiger partial charge on any atom is 0.246 e. The molecule has 0 amide bonds.